The second-order valence-corrected chi connectivity index (χ2v) is 8.66. The Kier molecular flexibility index (Phi) is 7.87. The van der Waals surface area contributed by atoms with Gasteiger partial charge in [0.05, 0.1) is 11.3 Å². The van der Waals surface area contributed by atoms with Crippen LogP contribution in [0.1, 0.15) is 44.9 Å². The number of rotatable bonds is 4. The van der Waals surface area contributed by atoms with Gasteiger partial charge in [-0.25, -0.2) is 8.42 Å². The normalized spacial score (nSPS) is 23.6. The van der Waals surface area contributed by atoms with Gasteiger partial charge in [-0.1, -0.05) is 19.3 Å². The van der Waals surface area contributed by atoms with E-state index in [1.54, 1.807) is 0 Å². The molecule has 2 rings (SSSR count). The molecule has 2 fully saturated rings. The minimum Gasteiger partial charge on any atom is -0.381 e. The first-order valence-corrected chi connectivity index (χ1v) is 9.66. The maximum atomic E-state index is 12.1. The number of ether oxygens (including phenoxy) is 1. The first-order valence-electron chi connectivity index (χ1n) is 7.77. The zero-order valence-corrected chi connectivity index (χ0v) is 16.4. The SMILES string of the molecule is CS(=O)(=O)C1(CN=C(N)NC2CCCCC2)CCOCC1.I. The van der Waals surface area contributed by atoms with E-state index in [4.69, 9.17) is 10.5 Å². The van der Waals surface area contributed by atoms with Gasteiger partial charge >= 0.3 is 0 Å². The van der Waals surface area contributed by atoms with Crippen LogP contribution in [0.3, 0.4) is 0 Å². The minimum atomic E-state index is -3.19. The van der Waals surface area contributed by atoms with Crippen LogP contribution in [0, 0.1) is 0 Å². The van der Waals surface area contributed by atoms with Crippen LogP contribution in [0.25, 0.3) is 0 Å². The Labute approximate surface area is 150 Å². The predicted octanol–water partition coefficient (Wildman–Crippen LogP) is 1.44. The molecule has 0 spiro atoms. The van der Waals surface area contributed by atoms with Crippen LogP contribution in [0.5, 0.6) is 0 Å². The highest BCUT2D eigenvalue weighted by Gasteiger charge is 2.42. The average molecular weight is 445 g/mol. The fourth-order valence-electron chi connectivity index (χ4n) is 3.12. The monoisotopic (exact) mass is 445 g/mol. The van der Waals surface area contributed by atoms with Gasteiger partial charge in [0.15, 0.2) is 15.8 Å². The van der Waals surface area contributed by atoms with Gasteiger partial charge in [-0.2, -0.15) is 0 Å². The van der Waals surface area contributed by atoms with E-state index in [0.29, 0.717) is 38.1 Å². The van der Waals surface area contributed by atoms with E-state index in [1.165, 1.54) is 25.5 Å². The molecule has 2 aliphatic rings. The lowest BCUT2D eigenvalue weighted by molar-refractivity contribution is 0.0768. The number of halogens is 1. The van der Waals surface area contributed by atoms with E-state index in [0.717, 1.165) is 12.8 Å². The molecule has 1 heterocycles. The van der Waals surface area contributed by atoms with Gasteiger partial charge in [0, 0.05) is 25.5 Å². The minimum absolute atomic E-state index is 0. The molecule has 6 nitrogen and oxygen atoms in total. The third-order valence-electron chi connectivity index (χ3n) is 4.69. The maximum Gasteiger partial charge on any atom is 0.188 e. The Bertz CT molecular complexity index is 470. The van der Waals surface area contributed by atoms with Gasteiger partial charge in [0.2, 0.25) is 0 Å². The van der Waals surface area contributed by atoms with Crippen LogP contribution in [0.15, 0.2) is 4.99 Å². The summed E-state index contributed by atoms with van der Waals surface area (Å²) < 4.78 is 28.7. The summed E-state index contributed by atoms with van der Waals surface area (Å²) in [7, 11) is -3.19. The Hall–Kier alpha value is -0.0900. The number of guanidine groups is 1. The summed E-state index contributed by atoms with van der Waals surface area (Å²) in [6, 6.07) is 0.381. The van der Waals surface area contributed by atoms with E-state index in [1.807, 2.05) is 0 Å². The average Bonchev–Trinajstić information content (AvgIpc) is 2.46. The largest absolute Gasteiger partial charge is 0.381 e. The van der Waals surface area contributed by atoms with Crippen molar-refractivity contribution in [3.05, 3.63) is 0 Å². The number of aliphatic imine (C=N–C) groups is 1. The zero-order valence-electron chi connectivity index (χ0n) is 13.2. The molecule has 130 valence electrons. The van der Waals surface area contributed by atoms with Gasteiger partial charge in [-0.3, -0.25) is 4.99 Å². The third-order valence-corrected chi connectivity index (χ3v) is 6.80. The molecule has 8 heteroatoms. The Morgan fingerprint density at radius 3 is 2.41 bits per heavy atom. The summed E-state index contributed by atoms with van der Waals surface area (Å²) in [6.07, 6.45) is 8.22. The molecule has 0 unspecified atom stereocenters. The summed E-state index contributed by atoms with van der Waals surface area (Å²) in [5.74, 6) is 0.372. The van der Waals surface area contributed by atoms with Crippen molar-refractivity contribution in [3.63, 3.8) is 0 Å². The van der Waals surface area contributed by atoms with Gasteiger partial charge in [-0.05, 0) is 25.7 Å². The van der Waals surface area contributed by atoms with Crippen LogP contribution in [0.4, 0.5) is 0 Å². The van der Waals surface area contributed by atoms with E-state index < -0.39 is 14.6 Å². The highest BCUT2D eigenvalue weighted by atomic mass is 127. The Morgan fingerprint density at radius 2 is 1.86 bits per heavy atom. The van der Waals surface area contributed by atoms with Crippen molar-refractivity contribution < 1.29 is 13.2 Å². The number of nitrogens with zero attached hydrogens (tertiary/aromatic N) is 1. The number of nitrogens with two attached hydrogens (primary N) is 1. The van der Waals surface area contributed by atoms with Crippen molar-refractivity contribution in [3.8, 4) is 0 Å². The highest BCUT2D eigenvalue weighted by Crippen LogP contribution is 2.29. The highest BCUT2D eigenvalue weighted by molar-refractivity contribution is 14.0. The Morgan fingerprint density at radius 1 is 1.27 bits per heavy atom. The predicted molar refractivity (Wildman–Crippen MR) is 99.5 cm³/mol. The van der Waals surface area contributed by atoms with Crippen LogP contribution in [-0.4, -0.2) is 51.2 Å². The summed E-state index contributed by atoms with van der Waals surface area (Å²) in [6.45, 7) is 1.16. The first-order chi connectivity index (χ1) is 9.93. The van der Waals surface area contributed by atoms with E-state index in [-0.39, 0.29) is 30.5 Å². The molecule has 22 heavy (non-hydrogen) atoms. The summed E-state index contributed by atoms with van der Waals surface area (Å²) in [5.41, 5.74) is 5.94. The van der Waals surface area contributed by atoms with Crippen molar-refractivity contribution in [1.82, 2.24) is 5.32 Å². The molecular weight excluding hydrogens is 417 g/mol. The van der Waals surface area contributed by atoms with Gasteiger partial charge < -0.3 is 15.8 Å². The number of hydrogen-bond acceptors (Lipinski definition) is 4. The molecule has 1 aliphatic carbocycles. The molecule has 0 radical (unpaired) electrons. The number of sulfone groups is 1. The van der Waals surface area contributed by atoms with Crippen molar-refractivity contribution in [2.45, 2.75) is 55.7 Å². The molecule has 1 aliphatic heterocycles. The lowest BCUT2D eigenvalue weighted by atomic mass is 9.96. The van der Waals surface area contributed by atoms with Crippen LogP contribution < -0.4 is 11.1 Å². The second kappa shape index (κ2) is 8.68. The molecule has 0 atom stereocenters. The van der Waals surface area contributed by atoms with Crippen LogP contribution >= 0.6 is 24.0 Å². The zero-order chi connectivity index (χ0) is 15.3. The van der Waals surface area contributed by atoms with E-state index in [9.17, 15) is 8.42 Å². The van der Waals surface area contributed by atoms with Gasteiger partial charge in [0.25, 0.3) is 0 Å². The maximum absolute atomic E-state index is 12.1. The number of nitrogens with one attached hydrogen (secondary N) is 1. The summed E-state index contributed by atoms with van der Waals surface area (Å²) >= 11 is 0. The fraction of sp³-hybridized carbons (Fsp3) is 0.929. The topological polar surface area (TPSA) is 93.8 Å². The molecule has 0 amide bonds. The molecule has 0 aromatic heterocycles. The van der Waals surface area contributed by atoms with Crippen molar-refractivity contribution in [2.75, 3.05) is 26.0 Å². The molecule has 1 saturated heterocycles. The standard InChI is InChI=1S/C14H27N3O3S.HI/c1-21(18,19)14(7-9-20-10-8-14)11-16-13(15)17-12-5-3-2-4-6-12;/h12H,2-11H2,1H3,(H3,15,16,17);1H. The first kappa shape index (κ1) is 20.0. The van der Waals surface area contributed by atoms with E-state index >= 15 is 0 Å². The van der Waals surface area contributed by atoms with Crippen molar-refractivity contribution >= 4 is 39.8 Å². The van der Waals surface area contributed by atoms with E-state index in [2.05, 4.69) is 10.3 Å². The van der Waals surface area contributed by atoms with Crippen LogP contribution in [0.2, 0.25) is 0 Å². The van der Waals surface area contributed by atoms with Gasteiger partial charge in [-0.15, -0.1) is 24.0 Å². The lowest BCUT2D eigenvalue weighted by Crippen LogP contribution is -2.47. The molecule has 1 saturated carbocycles. The van der Waals surface area contributed by atoms with Gasteiger partial charge in [0.1, 0.15) is 0 Å². The lowest BCUT2D eigenvalue weighted by Gasteiger charge is -2.34. The number of hydrogen-bond donors (Lipinski definition) is 2. The summed E-state index contributed by atoms with van der Waals surface area (Å²) in [5, 5.41) is 3.23. The van der Waals surface area contributed by atoms with Crippen molar-refractivity contribution in [2.24, 2.45) is 10.7 Å². The Balaban J connectivity index is 0.00000242. The second-order valence-electron chi connectivity index (χ2n) is 6.25. The molecule has 3 N–H and O–H groups in total. The molecule has 0 aromatic carbocycles. The summed E-state index contributed by atoms with van der Waals surface area (Å²) in [4.78, 5) is 4.33. The smallest absolute Gasteiger partial charge is 0.188 e. The third kappa shape index (κ3) is 5.23. The van der Waals surface area contributed by atoms with Crippen LogP contribution in [-0.2, 0) is 14.6 Å². The molecule has 0 aromatic rings. The molecule has 0 bridgehead atoms. The quantitative estimate of drug-likeness (QED) is 0.388. The molecular formula is C14H28IN3O3S. The fourth-order valence-corrected chi connectivity index (χ4v) is 4.33. The van der Waals surface area contributed by atoms with Crippen molar-refractivity contribution in [1.29, 1.82) is 0 Å².